The number of hydrogen-bond acceptors (Lipinski definition) is 3. The second-order valence-corrected chi connectivity index (χ2v) is 6.41. The van der Waals surface area contributed by atoms with Gasteiger partial charge in [-0.3, -0.25) is 0 Å². The molecule has 0 fully saturated rings. The maximum Gasteiger partial charge on any atom is 0.0426 e. The van der Waals surface area contributed by atoms with E-state index in [-0.39, 0.29) is 0 Å². The van der Waals surface area contributed by atoms with Gasteiger partial charge in [0.15, 0.2) is 0 Å². The van der Waals surface area contributed by atoms with Gasteiger partial charge in [-0.1, -0.05) is 34.1 Å². The Morgan fingerprint density at radius 3 is 2.60 bits per heavy atom. The Morgan fingerprint density at radius 2 is 1.95 bits per heavy atom. The molecule has 0 bridgehead atoms. The fourth-order valence-electron chi connectivity index (χ4n) is 2.30. The molecule has 0 unspecified atom stereocenters. The fraction of sp³-hybridized carbons (Fsp3) is 0.250. The SMILES string of the molecule is CSc1cccc(N(C)Cc2cccc(Br)c2)c1CN. The number of hydrogen-bond donors (Lipinski definition) is 1. The van der Waals surface area contributed by atoms with Crippen LogP contribution in [0.15, 0.2) is 51.8 Å². The number of rotatable bonds is 5. The minimum Gasteiger partial charge on any atom is -0.370 e. The van der Waals surface area contributed by atoms with Gasteiger partial charge in [0.25, 0.3) is 0 Å². The van der Waals surface area contributed by atoms with Crippen molar-refractivity contribution in [3.63, 3.8) is 0 Å². The van der Waals surface area contributed by atoms with Gasteiger partial charge in [-0.25, -0.2) is 0 Å². The van der Waals surface area contributed by atoms with Crippen LogP contribution in [-0.2, 0) is 13.1 Å². The lowest BCUT2D eigenvalue weighted by molar-refractivity contribution is 0.893. The molecule has 0 saturated carbocycles. The molecule has 4 heteroatoms. The summed E-state index contributed by atoms with van der Waals surface area (Å²) in [5, 5.41) is 0. The standard InChI is InChI=1S/C16H19BrN2S/c1-19(11-12-5-3-6-13(17)9-12)15-7-4-8-16(20-2)14(15)10-18/h3-9H,10-11,18H2,1-2H3. The summed E-state index contributed by atoms with van der Waals surface area (Å²) in [5.41, 5.74) is 9.64. The van der Waals surface area contributed by atoms with Crippen molar-refractivity contribution in [3.05, 3.63) is 58.1 Å². The van der Waals surface area contributed by atoms with Crippen LogP contribution in [0.3, 0.4) is 0 Å². The maximum absolute atomic E-state index is 5.93. The summed E-state index contributed by atoms with van der Waals surface area (Å²) in [7, 11) is 2.11. The second-order valence-electron chi connectivity index (χ2n) is 4.65. The van der Waals surface area contributed by atoms with Gasteiger partial charge in [0.05, 0.1) is 0 Å². The largest absolute Gasteiger partial charge is 0.370 e. The van der Waals surface area contributed by atoms with Crippen LogP contribution in [0.5, 0.6) is 0 Å². The Hall–Kier alpha value is -0.970. The van der Waals surface area contributed by atoms with E-state index in [2.05, 4.69) is 70.5 Å². The van der Waals surface area contributed by atoms with Crippen molar-refractivity contribution in [2.45, 2.75) is 18.0 Å². The predicted octanol–water partition coefficient (Wildman–Crippen LogP) is 4.27. The first-order valence-electron chi connectivity index (χ1n) is 6.47. The first-order valence-corrected chi connectivity index (χ1v) is 8.49. The van der Waals surface area contributed by atoms with Gasteiger partial charge in [0, 0.05) is 40.8 Å². The van der Waals surface area contributed by atoms with Crippen molar-refractivity contribution in [2.75, 3.05) is 18.2 Å². The summed E-state index contributed by atoms with van der Waals surface area (Å²) in [5.74, 6) is 0. The molecule has 2 aromatic carbocycles. The minimum absolute atomic E-state index is 0.565. The molecule has 2 aromatic rings. The highest BCUT2D eigenvalue weighted by atomic mass is 79.9. The average Bonchev–Trinajstić information content (AvgIpc) is 2.46. The average molecular weight is 351 g/mol. The Labute approximate surface area is 133 Å². The van der Waals surface area contributed by atoms with E-state index >= 15 is 0 Å². The van der Waals surface area contributed by atoms with Crippen LogP contribution in [0, 0.1) is 0 Å². The van der Waals surface area contributed by atoms with Crippen LogP contribution in [0.2, 0.25) is 0 Å². The van der Waals surface area contributed by atoms with Gasteiger partial charge in [0.1, 0.15) is 0 Å². The van der Waals surface area contributed by atoms with Gasteiger partial charge in [0.2, 0.25) is 0 Å². The number of thioether (sulfide) groups is 1. The van der Waals surface area contributed by atoms with Crippen LogP contribution in [-0.4, -0.2) is 13.3 Å². The molecule has 0 amide bonds. The van der Waals surface area contributed by atoms with Gasteiger partial charge in [-0.15, -0.1) is 11.8 Å². The highest BCUT2D eigenvalue weighted by molar-refractivity contribution is 9.10. The van der Waals surface area contributed by atoms with Crippen LogP contribution in [0.25, 0.3) is 0 Å². The monoisotopic (exact) mass is 350 g/mol. The zero-order valence-electron chi connectivity index (χ0n) is 11.8. The van der Waals surface area contributed by atoms with Crippen LogP contribution < -0.4 is 10.6 Å². The zero-order chi connectivity index (χ0) is 14.5. The molecule has 2 nitrogen and oxygen atoms in total. The lowest BCUT2D eigenvalue weighted by Gasteiger charge is -2.23. The third-order valence-corrected chi connectivity index (χ3v) is 4.57. The first-order chi connectivity index (χ1) is 9.65. The molecule has 20 heavy (non-hydrogen) atoms. The van der Waals surface area contributed by atoms with E-state index in [0.29, 0.717) is 6.54 Å². The molecular formula is C16H19BrN2S. The van der Waals surface area contributed by atoms with E-state index in [1.165, 1.54) is 21.7 Å². The molecule has 0 aliphatic carbocycles. The summed E-state index contributed by atoms with van der Waals surface area (Å²) in [6.07, 6.45) is 2.09. The predicted molar refractivity (Wildman–Crippen MR) is 92.4 cm³/mol. The molecular weight excluding hydrogens is 332 g/mol. The third-order valence-electron chi connectivity index (χ3n) is 3.25. The molecule has 0 atom stereocenters. The van der Waals surface area contributed by atoms with E-state index < -0.39 is 0 Å². The van der Waals surface area contributed by atoms with E-state index in [9.17, 15) is 0 Å². The second kappa shape index (κ2) is 7.16. The van der Waals surface area contributed by atoms with Crippen molar-refractivity contribution in [2.24, 2.45) is 5.73 Å². The summed E-state index contributed by atoms with van der Waals surface area (Å²) in [6.45, 7) is 1.43. The minimum atomic E-state index is 0.565. The van der Waals surface area contributed by atoms with Crippen LogP contribution >= 0.6 is 27.7 Å². The zero-order valence-corrected chi connectivity index (χ0v) is 14.2. The molecule has 106 valence electrons. The quantitative estimate of drug-likeness (QED) is 0.816. The number of benzene rings is 2. The molecule has 0 aliphatic rings. The Bertz CT molecular complexity index is 586. The molecule has 0 aromatic heterocycles. The Balaban J connectivity index is 2.27. The fourth-order valence-corrected chi connectivity index (χ4v) is 3.40. The third kappa shape index (κ3) is 3.57. The Morgan fingerprint density at radius 1 is 1.20 bits per heavy atom. The van der Waals surface area contributed by atoms with Gasteiger partial charge in [-0.2, -0.15) is 0 Å². The summed E-state index contributed by atoms with van der Waals surface area (Å²) in [6, 6.07) is 14.8. The van der Waals surface area contributed by atoms with Gasteiger partial charge in [-0.05, 0) is 36.1 Å². The van der Waals surface area contributed by atoms with Crippen molar-refractivity contribution >= 4 is 33.4 Å². The highest BCUT2D eigenvalue weighted by Crippen LogP contribution is 2.29. The first kappa shape index (κ1) is 15.4. The number of nitrogens with two attached hydrogens (primary N) is 1. The molecule has 2 rings (SSSR count). The van der Waals surface area contributed by atoms with E-state index in [0.717, 1.165) is 11.0 Å². The lowest BCUT2D eigenvalue weighted by Crippen LogP contribution is -2.19. The number of nitrogens with zero attached hydrogens (tertiary/aromatic N) is 1. The van der Waals surface area contributed by atoms with Crippen molar-refractivity contribution in [1.82, 2.24) is 0 Å². The van der Waals surface area contributed by atoms with Crippen molar-refractivity contribution in [3.8, 4) is 0 Å². The molecule has 0 radical (unpaired) electrons. The van der Waals surface area contributed by atoms with Crippen molar-refractivity contribution < 1.29 is 0 Å². The van der Waals surface area contributed by atoms with E-state index in [1.54, 1.807) is 11.8 Å². The van der Waals surface area contributed by atoms with E-state index in [1.807, 2.05) is 6.07 Å². The normalized spacial score (nSPS) is 10.6. The van der Waals surface area contributed by atoms with Crippen molar-refractivity contribution in [1.29, 1.82) is 0 Å². The summed E-state index contributed by atoms with van der Waals surface area (Å²) < 4.78 is 1.11. The van der Waals surface area contributed by atoms with Gasteiger partial charge >= 0.3 is 0 Å². The van der Waals surface area contributed by atoms with Crippen LogP contribution in [0.4, 0.5) is 5.69 Å². The topological polar surface area (TPSA) is 29.3 Å². The molecule has 0 saturated heterocycles. The summed E-state index contributed by atoms with van der Waals surface area (Å²) >= 11 is 5.26. The molecule has 0 spiro atoms. The molecule has 0 heterocycles. The maximum atomic E-state index is 5.93. The summed E-state index contributed by atoms with van der Waals surface area (Å²) in [4.78, 5) is 3.51. The molecule has 2 N–H and O–H groups in total. The van der Waals surface area contributed by atoms with Gasteiger partial charge < -0.3 is 10.6 Å². The molecule has 0 aliphatic heterocycles. The number of anilines is 1. The Kier molecular flexibility index (Phi) is 5.52. The highest BCUT2D eigenvalue weighted by Gasteiger charge is 2.10. The van der Waals surface area contributed by atoms with Crippen LogP contribution in [0.1, 0.15) is 11.1 Å². The number of halogens is 1. The smallest absolute Gasteiger partial charge is 0.0426 e. The van der Waals surface area contributed by atoms with E-state index in [4.69, 9.17) is 5.73 Å². The lowest BCUT2D eigenvalue weighted by atomic mass is 10.1.